The Morgan fingerprint density at radius 3 is 1.65 bits per heavy atom. The first kappa shape index (κ1) is 20.6. The summed E-state index contributed by atoms with van der Waals surface area (Å²) in [6, 6.07) is 0. The van der Waals surface area contributed by atoms with Crippen LogP contribution in [0.2, 0.25) is 0 Å². The lowest BCUT2D eigenvalue weighted by atomic mass is 9.92. The van der Waals surface area contributed by atoms with Crippen molar-refractivity contribution in [2.45, 2.75) is 13.8 Å². The number of hydrogen-bond acceptors (Lipinski definition) is 7. The molecule has 0 radical (unpaired) electrons. The minimum Gasteiger partial charge on any atom is -0.462 e. The van der Waals surface area contributed by atoms with Crippen LogP contribution < -0.4 is 0 Å². The predicted octanol–water partition coefficient (Wildman–Crippen LogP) is 0.933. The number of esters is 3. The number of ether oxygens (including phenoxy) is 3. The molecule has 128 valence electrons. The summed E-state index contributed by atoms with van der Waals surface area (Å²) in [7, 11) is 0. The van der Waals surface area contributed by atoms with Crippen LogP contribution in [0.25, 0.3) is 0 Å². The van der Waals surface area contributed by atoms with Gasteiger partial charge >= 0.3 is 17.9 Å². The molecule has 23 heavy (non-hydrogen) atoms. The Hall–Kier alpha value is -2.41. The number of aliphatic hydroxyl groups is 1. The van der Waals surface area contributed by atoms with Gasteiger partial charge in [0, 0.05) is 17.2 Å². The van der Waals surface area contributed by atoms with Crippen LogP contribution in [-0.2, 0) is 28.6 Å². The third kappa shape index (κ3) is 7.42. The molecule has 0 heterocycles. The summed E-state index contributed by atoms with van der Waals surface area (Å²) in [5, 5.41) is 9.62. The molecule has 1 N–H and O–H groups in total. The van der Waals surface area contributed by atoms with E-state index in [-0.39, 0.29) is 31.0 Å². The molecule has 0 aromatic heterocycles. The highest BCUT2D eigenvalue weighted by Crippen LogP contribution is 2.20. The first-order valence-electron chi connectivity index (χ1n) is 6.73. The van der Waals surface area contributed by atoms with E-state index in [4.69, 9.17) is 14.2 Å². The maximum absolute atomic E-state index is 11.5. The third-order valence-electron chi connectivity index (χ3n) is 2.74. The van der Waals surface area contributed by atoms with E-state index in [1.54, 1.807) is 0 Å². The SMILES string of the molecule is C=CC(=O)OCC(CO)(COC(=O)C(=C)C)COC(=O)C(=C)C. The normalized spacial score (nSPS) is 10.4. The number of aliphatic hydroxyl groups excluding tert-OH is 1. The minimum absolute atomic E-state index is 0.166. The topological polar surface area (TPSA) is 99.1 Å². The van der Waals surface area contributed by atoms with Crippen LogP contribution in [0.1, 0.15) is 13.8 Å². The average Bonchev–Trinajstić information content (AvgIpc) is 2.53. The first-order chi connectivity index (χ1) is 10.7. The summed E-state index contributed by atoms with van der Waals surface area (Å²) in [6.45, 7) is 11.5. The molecule has 7 heteroatoms. The zero-order valence-corrected chi connectivity index (χ0v) is 13.4. The fourth-order valence-corrected chi connectivity index (χ4v) is 1.23. The third-order valence-corrected chi connectivity index (χ3v) is 2.74. The summed E-state index contributed by atoms with van der Waals surface area (Å²) >= 11 is 0. The molecule has 0 amide bonds. The van der Waals surface area contributed by atoms with Crippen molar-refractivity contribution in [3.8, 4) is 0 Å². The maximum Gasteiger partial charge on any atom is 0.333 e. The molecule has 0 aromatic carbocycles. The van der Waals surface area contributed by atoms with Gasteiger partial charge in [-0.25, -0.2) is 14.4 Å². The molecule has 0 spiro atoms. The van der Waals surface area contributed by atoms with Gasteiger partial charge in [0.1, 0.15) is 19.8 Å². The van der Waals surface area contributed by atoms with Crippen molar-refractivity contribution in [3.05, 3.63) is 37.0 Å². The van der Waals surface area contributed by atoms with Gasteiger partial charge in [0.2, 0.25) is 0 Å². The highest BCUT2D eigenvalue weighted by molar-refractivity contribution is 5.87. The van der Waals surface area contributed by atoms with E-state index in [2.05, 4.69) is 19.7 Å². The maximum atomic E-state index is 11.5. The molecule has 0 aromatic rings. The van der Waals surface area contributed by atoms with Crippen molar-refractivity contribution in [1.29, 1.82) is 0 Å². The molecule has 0 fully saturated rings. The van der Waals surface area contributed by atoms with Crippen molar-refractivity contribution in [1.82, 2.24) is 0 Å². The molecular weight excluding hydrogens is 304 g/mol. The molecule has 0 rings (SSSR count). The van der Waals surface area contributed by atoms with Crippen LogP contribution in [0.4, 0.5) is 0 Å². The first-order valence-corrected chi connectivity index (χ1v) is 6.73. The second-order valence-electron chi connectivity index (χ2n) is 5.18. The van der Waals surface area contributed by atoms with Crippen LogP contribution in [0.3, 0.4) is 0 Å². The molecule has 0 aliphatic rings. The molecule has 7 nitrogen and oxygen atoms in total. The molecule has 0 atom stereocenters. The number of carbonyl (C=O) groups excluding carboxylic acids is 3. The standard InChI is InChI=1S/C16H22O7/c1-6-13(18)21-8-16(7-17,9-22-14(19)11(2)3)10-23-15(20)12(4)5/h6,17H,1-2,4,7-10H2,3,5H3. The van der Waals surface area contributed by atoms with Gasteiger partial charge in [-0.1, -0.05) is 19.7 Å². The molecule has 0 aliphatic carbocycles. The summed E-state index contributed by atoms with van der Waals surface area (Å²) in [5.41, 5.74) is -0.966. The van der Waals surface area contributed by atoms with Gasteiger partial charge in [-0.15, -0.1) is 0 Å². The van der Waals surface area contributed by atoms with E-state index in [9.17, 15) is 19.5 Å². The highest BCUT2D eigenvalue weighted by Gasteiger charge is 2.35. The van der Waals surface area contributed by atoms with Gasteiger partial charge in [0.15, 0.2) is 0 Å². The van der Waals surface area contributed by atoms with Crippen molar-refractivity contribution in [2.24, 2.45) is 5.41 Å². The fraction of sp³-hybridized carbons (Fsp3) is 0.438. The second-order valence-corrected chi connectivity index (χ2v) is 5.18. The Morgan fingerprint density at radius 1 is 0.957 bits per heavy atom. The Labute approximate surface area is 135 Å². The van der Waals surface area contributed by atoms with Crippen LogP contribution in [-0.4, -0.2) is 49.4 Å². The lowest BCUT2D eigenvalue weighted by Crippen LogP contribution is -2.42. The van der Waals surface area contributed by atoms with Crippen LogP contribution >= 0.6 is 0 Å². The summed E-state index contributed by atoms with van der Waals surface area (Å²) in [5.74, 6) is -2.08. The highest BCUT2D eigenvalue weighted by atomic mass is 16.6. The molecule has 0 unspecified atom stereocenters. The Kier molecular flexibility index (Phi) is 8.57. The van der Waals surface area contributed by atoms with Gasteiger partial charge in [-0.05, 0) is 13.8 Å². The average molecular weight is 326 g/mol. The summed E-state index contributed by atoms with van der Waals surface area (Å²) in [4.78, 5) is 34.2. The Bertz CT molecular complexity index is 475. The number of rotatable bonds is 10. The summed E-state index contributed by atoms with van der Waals surface area (Å²) in [6.07, 6.45) is 0.946. The Balaban J connectivity index is 5.03. The van der Waals surface area contributed by atoms with Crippen molar-refractivity contribution < 1.29 is 33.7 Å². The minimum atomic E-state index is -1.30. The smallest absolute Gasteiger partial charge is 0.333 e. The van der Waals surface area contributed by atoms with Crippen LogP contribution in [0.5, 0.6) is 0 Å². The Morgan fingerprint density at radius 2 is 1.35 bits per heavy atom. The molecule has 0 bridgehead atoms. The second kappa shape index (κ2) is 9.58. The summed E-state index contributed by atoms with van der Waals surface area (Å²) < 4.78 is 14.9. The van der Waals surface area contributed by atoms with Gasteiger partial charge in [-0.2, -0.15) is 0 Å². The van der Waals surface area contributed by atoms with E-state index < -0.39 is 29.9 Å². The number of carbonyl (C=O) groups is 3. The van der Waals surface area contributed by atoms with Crippen molar-refractivity contribution in [2.75, 3.05) is 26.4 Å². The fourth-order valence-electron chi connectivity index (χ4n) is 1.23. The lowest BCUT2D eigenvalue weighted by molar-refractivity contribution is -0.159. The van der Waals surface area contributed by atoms with Crippen molar-refractivity contribution in [3.63, 3.8) is 0 Å². The molecule has 0 saturated carbocycles. The van der Waals surface area contributed by atoms with Gasteiger partial charge in [0.25, 0.3) is 0 Å². The molecule has 0 aliphatic heterocycles. The predicted molar refractivity (Wildman–Crippen MR) is 82.2 cm³/mol. The molecular formula is C16H22O7. The quantitative estimate of drug-likeness (QED) is 0.362. The zero-order valence-electron chi connectivity index (χ0n) is 13.4. The van der Waals surface area contributed by atoms with E-state index in [1.165, 1.54) is 13.8 Å². The van der Waals surface area contributed by atoms with Gasteiger partial charge < -0.3 is 19.3 Å². The van der Waals surface area contributed by atoms with E-state index in [0.717, 1.165) is 6.08 Å². The van der Waals surface area contributed by atoms with Gasteiger partial charge in [0.05, 0.1) is 12.0 Å². The van der Waals surface area contributed by atoms with E-state index in [0.29, 0.717) is 0 Å². The van der Waals surface area contributed by atoms with Crippen LogP contribution in [0.15, 0.2) is 37.0 Å². The lowest BCUT2D eigenvalue weighted by Gasteiger charge is -2.30. The molecule has 0 saturated heterocycles. The zero-order chi connectivity index (χ0) is 18.0. The van der Waals surface area contributed by atoms with Crippen LogP contribution in [0, 0.1) is 5.41 Å². The monoisotopic (exact) mass is 326 g/mol. The largest absolute Gasteiger partial charge is 0.462 e. The van der Waals surface area contributed by atoms with E-state index >= 15 is 0 Å². The van der Waals surface area contributed by atoms with E-state index in [1.807, 2.05) is 0 Å². The number of hydrogen-bond donors (Lipinski definition) is 1. The van der Waals surface area contributed by atoms with Crippen molar-refractivity contribution >= 4 is 17.9 Å². The van der Waals surface area contributed by atoms with Gasteiger partial charge in [-0.3, -0.25) is 0 Å².